The van der Waals surface area contributed by atoms with Gasteiger partial charge in [-0.1, -0.05) is 200 Å². The van der Waals surface area contributed by atoms with Gasteiger partial charge in [-0.3, -0.25) is 0 Å². The SMILES string of the molecule is c1ccc(-n2c3ccccc3c3cc(-c4cccc5c4c4ccccc4n5-c4cccc5c4c4ccccc4n5-c4ccc([Si](c5ccccc5)(c5ccccc5)c5ccccc5)cc4)ccc32)cc1. The van der Waals surface area contributed by atoms with Gasteiger partial charge in [0.25, 0.3) is 0 Å². The molecule has 0 radical (unpaired) electrons. The zero-order valence-corrected chi connectivity index (χ0v) is 39.3. The fourth-order valence-electron chi connectivity index (χ4n) is 11.9. The Morgan fingerprint density at radius 3 is 1.27 bits per heavy atom. The van der Waals surface area contributed by atoms with E-state index in [-0.39, 0.29) is 0 Å². The molecule has 328 valence electrons. The second-order valence-corrected chi connectivity index (χ2v) is 22.2. The first-order chi connectivity index (χ1) is 34.8. The van der Waals surface area contributed by atoms with Crippen LogP contribution in [0.15, 0.2) is 273 Å². The maximum Gasteiger partial charge on any atom is 0.179 e. The third kappa shape index (κ3) is 5.94. The van der Waals surface area contributed by atoms with Crippen LogP contribution in [-0.4, -0.2) is 21.8 Å². The van der Waals surface area contributed by atoms with Crippen molar-refractivity contribution in [3.63, 3.8) is 0 Å². The molecule has 0 saturated carbocycles. The molecule has 14 rings (SSSR count). The Balaban J connectivity index is 0.962. The highest BCUT2D eigenvalue weighted by atomic mass is 28.3. The summed E-state index contributed by atoms with van der Waals surface area (Å²) in [4.78, 5) is 0. The molecule has 0 fully saturated rings. The van der Waals surface area contributed by atoms with E-state index in [0.29, 0.717) is 0 Å². The number of hydrogen-bond acceptors (Lipinski definition) is 0. The largest absolute Gasteiger partial charge is 0.309 e. The van der Waals surface area contributed by atoms with Crippen molar-refractivity contribution in [3.05, 3.63) is 273 Å². The number of rotatable bonds is 8. The van der Waals surface area contributed by atoms with Gasteiger partial charge < -0.3 is 13.7 Å². The maximum absolute atomic E-state index is 2.69. The summed E-state index contributed by atoms with van der Waals surface area (Å²) in [5.41, 5.74) is 13.0. The third-order valence-electron chi connectivity index (χ3n) is 14.8. The van der Waals surface area contributed by atoms with Crippen molar-refractivity contribution in [1.29, 1.82) is 0 Å². The number of nitrogens with zero attached hydrogens (tertiary/aromatic N) is 3. The maximum atomic E-state index is 2.51. The highest BCUT2D eigenvalue weighted by Crippen LogP contribution is 2.43. The van der Waals surface area contributed by atoms with Crippen LogP contribution < -0.4 is 20.7 Å². The highest BCUT2D eigenvalue weighted by Gasteiger charge is 2.41. The Bertz CT molecular complexity index is 4170. The van der Waals surface area contributed by atoms with E-state index < -0.39 is 8.07 Å². The second-order valence-electron chi connectivity index (χ2n) is 18.4. The van der Waals surface area contributed by atoms with Crippen molar-refractivity contribution in [3.8, 4) is 28.2 Å². The van der Waals surface area contributed by atoms with Crippen LogP contribution in [0.3, 0.4) is 0 Å². The van der Waals surface area contributed by atoms with Crippen molar-refractivity contribution in [1.82, 2.24) is 13.7 Å². The lowest BCUT2D eigenvalue weighted by molar-refractivity contribution is 1.17. The number of fused-ring (bicyclic) bond motifs is 9. The Morgan fingerprint density at radius 2 is 0.657 bits per heavy atom. The Hall–Kier alpha value is -8.96. The molecule has 4 heteroatoms. The van der Waals surface area contributed by atoms with E-state index in [1.807, 2.05) is 0 Å². The van der Waals surface area contributed by atoms with Crippen LogP contribution in [0.25, 0.3) is 93.6 Å². The molecule has 0 spiro atoms. The van der Waals surface area contributed by atoms with E-state index in [0.717, 1.165) is 17.1 Å². The molecule has 3 aromatic heterocycles. The van der Waals surface area contributed by atoms with Gasteiger partial charge in [-0.15, -0.1) is 0 Å². The zero-order valence-electron chi connectivity index (χ0n) is 38.3. The van der Waals surface area contributed by atoms with E-state index in [2.05, 4.69) is 287 Å². The lowest BCUT2D eigenvalue weighted by Gasteiger charge is -2.34. The summed E-state index contributed by atoms with van der Waals surface area (Å²) in [6.45, 7) is 0. The molecule has 3 heterocycles. The van der Waals surface area contributed by atoms with Gasteiger partial charge in [0, 0.05) is 43.7 Å². The normalized spacial score (nSPS) is 12.0. The molecular weight excluding hydrogens is 863 g/mol. The lowest BCUT2D eigenvalue weighted by atomic mass is 9.98. The first-order valence-electron chi connectivity index (χ1n) is 24.2. The van der Waals surface area contributed by atoms with Gasteiger partial charge in [0.2, 0.25) is 0 Å². The van der Waals surface area contributed by atoms with Crippen molar-refractivity contribution in [2.24, 2.45) is 0 Å². The van der Waals surface area contributed by atoms with Crippen LogP contribution in [0.1, 0.15) is 0 Å². The molecule has 0 aliphatic rings. The van der Waals surface area contributed by atoms with Crippen LogP contribution in [0.5, 0.6) is 0 Å². The van der Waals surface area contributed by atoms with Crippen LogP contribution in [0.2, 0.25) is 0 Å². The standard InChI is InChI=1S/C66H45N3Si/c1-5-21-47(22-6-1)67-58-33-16-13-29-54(58)57-45-46(39-44-61(57)67)53-32-19-36-62-65(53)55-30-14-18-35-60(55)69(62)64-38-20-37-63-66(64)56-31-15-17-34-59(56)68(63)48-40-42-52(43-41-48)70(49-23-7-2-8-24-49,50-25-9-3-10-26-50)51-27-11-4-12-28-51/h1-45H. The van der Waals surface area contributed by atoms with Gasteiger partial charge in [0.1, 0.15) is 0 Å². The summed E-state index contributed by atoms with van der Waals surface area (Å²) in [5, 5.41) is 12.9. The summed E-state index contributed by atoms with van der Waals surface area (Å²) >= 11 is 0. The van der Waals surface area contributed by atoms with Gasteiger partial charge in [0.05, 0.1) is 38.8 Å². The molecule has 11 aromatic carbocycles. The Labute approximate surface area is 407 Å². The Kier molecular flexibility index (Phi) is 9.23. The summed E-state index contributed by atoms with van der Waals surface area (Å²) in [5.74, 6) is 0. The summed E-state index contributed by atoms with van der Waals surface area (Å²) in [6, 6.07) is 101. The molecule has 70 heavy (non-hydrogen) atoms. The molecule has 0 unspecified atom stereocenters. The average molecular weight is 908 g/mol. The van der Waals surface area contributed by atoms with Crippen molar-refractivity contribution >= 4 is 94.2 Å². The van der Waals surface area contributed by atoms with Crippen LogP contribution in [0, 0.1) is 0 Å². The van der Waals surface area contributed by atoms with E-state index in [1.54, 1.807) is 0 Å². The molecule has 0 amide bonds. The fraction of sp³-hybridized carbons (Fsp3) is 0. The smallest absolute Gasteiger partial charge is 0.179 e. The van der Waals surface area contributed by atoms with E-state index in [4.69, 9.17) is 0 Å². The molecular formula is C66H45N3Si. The van der Waals surface area contributed by atoms with Gasteiger partial charge in [-0.25, -0.2) is 0 Å². The van der Waals surface area contributed by atoms with E-state index in [9.17, 15) is 0 Å². The molecule has 0 atom stereocenters. The molecule has 0 bridgehead atoms. The predicted octanol–water partition coefficient (Wildman–Crippen LogP) is 14.0. The first-order valence-corrected chi connectivity index (χ1v) is 26.2. The van der Waals surface area contributed by atoms with Gasteiger partial charge in [0.15, 0.2) is 8.07 Å². The third-order valence-corrected chi connectivity index (χ3v) is 19.6. The lowest BCUT2D eigenvalue weighted by Crippen LogP contribution is -2.74. The minimum absolute atomic E-state index is 1.14. The van der Waals surface area contributed by atoms with E-state index >= 15 is 0 Å². The Morgan fingerprint density at radius 1 is 0.243 bits per heavy atom. The summed E-state index contributed by atoms with van der Waals surface area (Å²) < 4.78 is 7.37. The highest BCUT2D eigenvalue weighted by molar-refractivity contribution is 7.19. The number of hydrogen-bond donors (Lipinski definition) is 0. The minimum Gasteiger partial charge on any atom is -0.309 e. The quantitative estimate of drug-likeness (QED) is 0.107. The number of para-hydroxylation sites is 4. The molecule has 0 N–H and O–H groups in total. The van der Waals surface area contributed by atoms with Crippen molar-refractivity contribution < 1.29 is 0 Å². The van der Waals surface area contributed by atoms with E-state index in [1.165, 1.54) is 97.3 Å². The van der Waals surface area contributed by atoms with Crippen molar-refractivity contribution in [2.75, 3.05) is 0 Å². The summed E-state index contributed by atoms with van der Waals surface area (Å²) in [7, 11) is -2.69. The van der Waals surface area contributed by atoms with Gasteiger partial charge in [-0.2, -0.15) is 0 Å². The van der Waals surface area contributed by atoms with Crippen LogP contribution in [-0.2, 0) is 0 Å². The summed E-state index contributed by atoms with van der Waals surface area (Å²) in [6.07, 6.45) is 0. The first kappa shape index (κ1) is 40.1. The average Bonchev–Trinajstić information content (AvgIpc) is 4.08. The molecule has 0 aliphatic carbocycles. The van der Waals surface area contributed by atoms with Crippen LogP contribution >= 0.6 is 0 Å². The minimum atomic E-state index is -2.69. The predicted molar refractivity (Wildman–Crippen MR) is 299 cm³/mol. The molecule has 3 nitrogen and oxygen atoms in total. The van der Waals surface area contributed by atoms with Gasteiger partial charge >= 0.3 is 0 Å². The van der Waals surface area contributed by atoms with Crippen LogP contribution in [0.4, 0.5) is 0 Å². The fourth-order valence-corrected chi connectivity index (χ4v) is 16.6. The van der Waals surface area contributed by atoms with Gasteiger partial charge in [-0.05, 0) is 105 Å². The number of benzene rings is 11. The zero-order chi connectivity index (χ0) is 46.2. The molecule has 0 aliphatic heterocycles. The second kappa shape index (κ2) is 16.1. The number of aromatic nitrogens is 3. The molecule has 0 saturated heterocycles. The topological polar surface area (TPSA) is 14.8 Å². The molecule has 14 aromatic rings. The monoisotopic (exact) mass is 907 g/mol. The van der Waals surface area contributed by atoms with Crippen molar-refractivity contribution in [2.45, 2.75) is 0 Å².